The second kappa shape index (κ2) is 7.11. The van der Waals surface area contributed by atoms with Crippen molar-refractivity contribution in [2.75, 3.05) is 31.6 Å². The van der Waals surface area contributed by atoms with E-state index in [0.29, 0.717) is 18.4 Å². The number of nitrogens with zero attached hydrogens (tertiary/aromatic N) is 6. The van der Waals surface area contributed by atoms with Gasteiger partial charge in [-0.15, -0.1) is 0 Å². The molecule has 0 amide bonds. The number of aryl methyl sites for hydroxylation is 1. The molecule has 27 heavy (non-hydrogen) atoms. The zero-order valence-corrected chi connectivity index (χ0v) is 15.8. The van der Waals surface area contributed by atoms with Crippen LogP contribution in [0.5, 0.6) is 5.75 Å². The number of halogens is 1. The first-order valence-electron chi connectivity index (χ1n) is 9.04. The molecule has 1 aliphatic rings. The molecule has 3 aromatic rings. The lowest BCUT2D eigenvalue weighted by Crippen LogP contribution is -2.52. The minimum atomic E-state index is -0.317. The Kier molecular flexibility index (Phi) is 4.65. The van der Waals surface area contributed by atoms with Gasteiger partial charge in [0.25, 0.3) is 5.78 Å². The highest BCUT2D eigenvalue weighted by Crippen LogP contribution is 2.23. The highest BCUT2D eigenvalue weighted by molar-refractivity contribution is 5.47. The lowest BCUT2D eigenvalue weighted by molar-refractivity contribution is 0.180. The molecule has 1 atom stereocenters. The highest BCUT2D eigenvalue weighted by Gasteiger charge is 2.26. The van der Waals surface area contributed by atoms with Crippen LogP contribution in [0.15, 0.2) is 30.6 Å². The van der Waals surface area contributed by atoms with Crippen molar-refractivity contribution in [3.63, 3.8) is 0 Å². The first kappa shape index (κ1) is 17.7. The van der Waals surface area contributed by atoms with Gasteiger partial charge in [-0.1, -0.05) is 6.07 Å². The fourth-order valence-electron chi connectivity index (χ4n) is 3.62. The van der Waals surface area contributed by atoms with Gasteiger partial charge in [0.15, 0.2) is 11.6 Å². The monoisotopic (exact) mass is 370 g/mol. The molecule has 8 heteroatoms. The summed E-state index contributed by atoms with van der Waals surface area (Å²) < 4.78 is 20.8. The largest absolute Gasteiger partial charge is 0.494 e. The number of fused-ring (bicyclic) bond motifs is 1. The van der Waals surface area contributed by atoms with Crippen LogP contribution < -0.4 is 9.64 Å². The number of ether oxygens (including phenoxy) is 1. The van der Waals surface area contributed by atoms with Gasteiger partial charge in [-0.25, -0.2) is 9.37 Å². The van der Waals surface area contributed by atoms with Crippen molar-refractivity contribution in [3.8, 4) is 5.75 Å². The highest BCUT2D eigenvalue weighted by atomic mass is 19.1. The SMILES string of the molecule is COc1ccc(CN2CCN(c3cc(C)nc4ncnn34)CC2C)cc1F. The summed E-state index contributed by atoms with van der Waals surface area (Å²) in [5.41, 5.74) is 1.88. The average Bonchev–Trinajstić information content (AvgIpc) is 3.11. The van der Waals surface area contributed by atoms with Gasteiger partial charge in [-0.2, -0.15) is 14.6 Å². The van der Waals surface area contributed by atoms with E-state index >= 15 is 0 Å². The third-order valence-corrected chi connectivity index (χ3v) is 5.05. The van der Waals surface area contributed by atoms with Crippen LogP contribution in [0.4, 0.5) is 10.2 Å². The van der Waals surface area contributed by atoms with E-state index in [1.54, 1.807) is 16.6 Å². The van der Waals surface area contributed by atoms with Crippen LogP contribution in [0.3, 0.4) is 0 Å². The Labute approximate surface area is 157 Å². The van der Waals surface area contributed by atoms with Crippen LogP contribution in [-0.2, 0) is 6.54 Å². The normalized spacial score (nSPS) is 18.2. The van der Waals surface area contributed by atoms with Crippen molar-refractivity contribution in [2.24, 2.45) is 0 Å². The Morgan fingerprint density at radius 3 is 2.85 bits per heavy atom. The summed E-state index contributed by atoms with van der Waals surface area (Å²) in [5.74, 6) is 1.59. The molecule has 1 saturated heterocycles. The molecule has 4 rings (SSSR count). The van der Waals surface area contributed by atoms with E-state index in [9.17, 15) is 4.39 Å². The fourth-order valence-corrected chi connectivity index (χ4v) is 3.62. The first-order valence-corrected chi connectivity index (χ1v) is 9.04. The molecule has 7 nitrogen and oxygen atoms in total. The average molecular weight is 370 g/mol. The molecular formula is C19H23FN6O. The molecule has 1 unspecified atom stereocenters. The van der Waals surface area contributed by atoms with Crippen molar-refractivity contribution in [1.29, 1.82) is 0 Å². The van der Waals surface area contributed by atoms with E-state index in [-0.39, 0.29) is 11.6 Å². The van der Waals surface area contributed by atoms with Crippen molar-refractivity contribution in [2.45, 2.75) is 26.4 Å². The van der Waals surface area contributed by atoms with Gasteiger partial charge in [-0.3, -0.25) is 4.90 Å². The van der Waals surface area contributed by atoms with Crippen molar-refractivity contribution in [1.82, 2.24) is 24.5 Å². The Bertz CT molecular complexity index is 959. The lowest BCUT2D eigenvalue weighted by atomic mass is 10.1. The molecule has 0 aliphatic carbocycles. The standard InChI is InChI=1S/C19H23FN6O/c1-13-8-18(26-19(23-13)21-12-22-26)25-7-6-24(14(2)10-25)11-15-4-5-17(27-3)16(20)9-15/h4-5,8-9,12,14H,6-7,10-11H2,1-3H3. The molecule has 0 saturated carbocycles. The molecule has 0 spiro atoms. The number of rotatable bonds is 4. The van der Waals surface area contributed by atoms with Gasteiger partial charge in [0.1, 0.15) is 12.1 Å². The summed E-state index contributed by atoms with van der Waals surface area (Å²) in [6, 6.07) is 7.53. The predicted octanol–water partition coefficient (Wildman–Crippen LogP) is 2.29. The van der Waals surface area contributed by atoms with Crippen LogP contribution in [0.2, 0.25) is 0 Å². The van der Waals surface area contributed by atoms with Gasteiger partial charge in [-0.05, 0) is 31.5 Å². The van der Waals surface area contributed by atoms with Crippen LogP contribution in [-0.4, -0.2) is 57.3 Å². The molecule has 1 aromatic carbocycles. The summed E-state index contributed by atoms with van der Waals surface area (Å²) in [5, 5.41) is 4.31. The van der Waals surface area contributed by atoms with Gasteiger partial charge in [0.05, 0.1) is 7.11 Å². The second-order valence-electron chi connectivity index (χ2n) is 6.96. The molecule has 2 aromatic heterocycles. The number of hydrogen-bond acceptors (Lipinski definition) is 6. The van der Waals surface area contributed by atoms with Crippen LogP contribution >= 0.6 is 0 Å². The fraction of sp³-hybridized carbons (Fsp3) is 0.421. The van der Waals surface area contributed by atoms with E-state index in [2.05, 4.69) is 31.8 Å². The number of aromatic nitrogens is 4. The number of piperazine rings is 1. The van der Waals surface area contributed by atoms with E-state index in [0.717, 1.165) is 36.7 Å². The van der Waals surface area contributed by atoms with Crippen LogP contribution in [0.25, 0.3) is 5.78 Å². The maximum absolute atomic E-state index is 14.0. The maximum atomic E-state index is 14.0. The third-order valence-electron chi connectivity index (χ3n) is 5.05. The number of hydrogen-bond donors (Lipinski definition) is 0. The van der Waals surface area contributed by atoms with E-state index in [4.69, 9.17) is 4.74 Å². The number of anilines is 1. The molecule has 142 valence electrons. The first-order chi connectivity index (χ1) is 13.0. The van der Waals surface area contributed by atoms with Crippen molar-refractivity contribution < 1.29 is 9.13 Å². The Hall–Kier alpha value is -2.74. The molecule has 3 heterocycles. The summed E-state index contributed by atoms with van der Waals surface area (Å²) >= 11 is 0. The Morgan fingerprint density at radius 1 is 1.26 bits per heavy atom. The third kappa shape index (κ3) is 3.44. The predicted molar refractivity (Wildman–Crippen MR) is 101 cm³/mol. The Morgan fingerprint density at radius 2 is 2.11 bits per heavy atom. The molecule has 0 N–H and O–H groups in total. The quantitative estimate of drug-likeness (QED) is 0.702. The second-order valence-corrected chi connectivity index (χ2v) is 6.96. The van der Waals surface area contributed by atoms with Gasteiger partial charge in [0, 0.05) is 44.0 Å². The van der Waals surface area contributed by atoms with Crippen molar-refractivity contribution in [3.05, 3.63) is 47.7 Å². The minimum absolute atomic E-state index is 0.279. The van der Waals surface area contributed by atoms with Gasteiger partial charge < -0.3 is 9.64 Å². The van der Waals surface area contributed by atoms with E-state index in [1.165, 1.54) is 13.4 Å². The molecule has 1 aliphatic heterocycles. The van der Waals surface area contributed by atoms with Crippen LogP contribution in [0, 0.1) is 12.7 Å². The topological polar surface area (TPSA) is 58.8 Å². The summed E-state index contributed by atoms with van der Waals surface area (Å²) in [6.07, 6.45) is 1.53. The van der Waals surface area contributed by atoms with Gasteiger partial charge in [0.2, 0.25) is 0 Å². The molecule has 0 bridgehead atoms. The minimum Gasteiger partial charge on any atom is -0.494 e. The summed E-state index contributed by atoms with van der Waals surface area (Å²) in [6.45, 7) is 7.48. The summed E-state index contributed by atoms with van der Waals surface area (Å²) in [4.78, 5) is 13.3. The molecule has 1 fully saturated rings. The number of methoxy groups -OCH3 is 1. The van der Waals surface area contributed by atoms with Crippen LogP contribution in [0.1, 0.15) is 18.2 Å². The Balaban J connectivity index is 1.49. The molecule has 0 radical (unpaired) electrons. The van der Waals surface area contributed by atoms with Gasteiger partial charge >= 0.3 is 0 Å². The van der Waals surface area contributed by atoms with Crippen molar-refractivity contribution >= 4 is 11.6 Å². The molecular weight excluding hydrogens is 347 g/mol. The summed E-state index contributed by atoms with van der Waals surface area (Å²) in [7, 11) is 1.48. The smallest absolute Gasteiger partial charge is 0.254 e. The van der Waals surface area contributed by atoms with E-state index < -0.39 is 0 Å². The van der Waals surface area contributed by atoms with E-state index in [1.807, 2.05) is 19.1 Å². The number of benzene rings is 1. The zero-order valence-electron chi connectivity index (χ0n) is 15.8. The maximum Gasteiger partial charge on any atom is 0.254 e. The lowest BCUT2D eigenvalue weighted by Gasteiger charge is -2.40. The zero-order chi connectivity index (χ0) is 19.0.